The van der Waals surface area contributed by atoms with Crippen LogP contribution < -0.4 is 16.0 Å². The van der Waals surface area contributed by atoms with Crippen molar-refractivity contribution in [2.45, 2.75) is 18.5 Å². The van der Waals surface area contributed by atoms with Crippen LogP contribution >= 0.6 is 0 Å². The van der Waals surface area contributed by atoms with E-state index in [1.54, 1.807) is 6.08 Å². The van der Waals surface area contributed by atoms with E-state index in [4.69, 9.17) is 5.11 Å². The van der Waals surface area contributed by atoms with Gasteiger partial charge in [0.1, 0.15) is 6.04 Å². The summed E-state index contributed by atoms with van der Waals surface area (Å²) < 4.78 is 0. The molecule has 0 aromatic rings. The lowest BCUT2D eigenvalue weighted by molar-refractivity contribution is -0.139. The fraction of sp³-hybridized carbons (Fsp3) is 0.556. The van der Waals surface area contributed by atoms with Gasteiger partial charge in [0.05, 0.1) is 6.04 Å². The average molecular weight is 213 g/mol. The van der Waals surface area contributed by atoms with Gasteiger partial charge in [-0.25, -0.2) is 4.79 Å². The van der Waals surface area contributed by atoms with Crippen LogP contribution in [0.4, 0.5) is 4.79 Å². The highest BCUT2D eigenvalue weighted by Gasteiger charge is 2.33. The molecule has 6 heteroatoms. The Hall–Kier alpha value is -1.56. The number of carboxylic acids is 1. The zero-order valence-electron chi connectivity index (χ0n) is 8.32. The second-order valence-electron chi connectivity index (χ2n) is 3.31. The van der Waals surface area contributed by atoms with E-state index < -0.39 is 12.0 Å². The van der Waals surface area contributed by atoms with Crippen molar-refractivity contribution in [3.05, 3.63) is 12.7 Å². The van der Waals surface area contributed by atoms with Gasteiger partial charge in [-0.3, -0.25) is 4.79 Å². The standard InChI is InChI=1S/C9H15N3O3/c1-2-4-11-9(15)12-6-3-5-10-7(6)8(13)14/h2,6-7,10H,1,3-5H2,(H,13,14)(H2,11,12,15). The van der Waals surface area contributed by atoms with Crippen molar-refractivity contribution >= 4 is 12.0 Å². The number of urea groups is 1. The van der Waals surface area contributed by atoms with E-state index in [-0.39, 0.29) is 12.1 Å². The van der Waals surface area contributed by atoms with Crippen LogP contribution in [0.2, 0.25) is 0 Å². The van der Waals surface area contributed by atoms with E-state index in [2.05, 4.69) is 22.5 Å². The molecule has 2 atom stereocenters. The number of nitrogens with one attached hydrogen (secondary N) is 3. The molecular formula is C9H15N3O3. The third-order valence-electron chi connectivity index (χ3n) is 2.21. The SMILES string of the molecule is C=CCNC(=O)NC1CCNC1C(=O)O. The summed E-state index contributed by atoms with van der Waals surface area (Å²) in [4.78, 5) is 22.0. The lowest BCUT2D eigenvalue weighted by Crippen LogP contribution is -2.50. The first kappa shape index (κ1) is 11.5. The summed E-state index contributed by atoms with van der Waals surface area (Å²) in [5.41, 5.74) is 0. The molecular weight excluding hydrogens is 198 g/mol. The van der Waals surface area contributed by atoms with Gasteiger partial charge in [-0.15, -0.1) is 6.58 Å². The van der Waals surface area contributed by atoms with E-state index in [1.807, 2.05) is 0 Å². The van der Waals surface area contributed by atoms with Crippen LogP contribution in [-0.4, -0.2) is 42.3 Å². The van der Waals surface area contributed by atoms with Crippen LogP contribution in [0.3, 0.4) is 0 Å². The maximum Gasteiger partial charge on any atom is 0.322 e. The van der Waals surface area contributed by atoms with Gasteiger partial charge in [0.25, 0.3) is 0 Å². The Labute approximate surface area is 87.7 Å². The van der Waals surface area contributed by atoms with Crippen LogP contribution in [0.25, 0.3) is 0 Å². The molecule has 1 aliphatic heterocycles. The van der Waals surface area contributed by atoms with Crippen molar-refractivity contribution in [2.75, 3.05) is 13.1 Å². The number of hydrogen-bond acceptors (Lipinski definition) is 3. The molecule has 0 aliphatic carbocycles. The van der Waals surface area contributed by atoms with Gasteiger partial charge < -0.3 is 21.1 Å². The molecule has 0 saturated carbocycles. The molecule has 0 aromatic heterocycles. The molecule has 2 amide bonds. The van der Waals surface area contributed by atoms with E-state index in [1.165, 1.54) is 0 Å². The highest BCUT2D eigenvalue weighted by molar-refractivity contribution is 5.78. The van der Waals surface area contributed by atoms with E-state index >= 15 is 0 Å². The van der Waals surface area contributed by atoms with Gasteiger partial charge in [-0.05, 0) is 13.0 Å². The van der Waals surface area contributed by atoms with Gasteiger partial charge >= 0.3 is 12.0 Å². The Morgan fingerprint density at radius 1 is 1.60 bits per heavy atom. The number of hydrogen-bond donors (Lipinski definition) is 4. The Kier molecular flexibility index (Phi) is 4.11. The van der Waals surface area contributed by atoms with Gasteiger partial charge in [-0.1, -0.05) is 6.08 Å². The summed E-state index contributed by atoms with van der Waals surface area (Å²) in [6.07, 6.45) is 2.18. The number of amides is 2. The first-order valence-corrected chi connectivity index (χ1v) is 4.76. The van der Waals surface area contributed by atoms with Crippen LogP contribution in [0.15, 0.2) is 12.7 Å². The predicted molar refractivity (Wildman–Crippen MR) is 54.6 cm³/mol. The smallest absolute Gasteiger partial charge is 0.322 e. The molecule has 84 valence electrons. The van der Waals surface area contributed by atoms with E-state index in [9.17, 15) is 9.59 Å². The maximum absolute atomic E-state index is 11.2. The summed E-state index contributed by atoms with van der Waals surface area (Å²) in [5, 5.41) is 16.8. The minimum atomic E-state index is -0.943. The van der Waals surface area contributed by atoms with Gasteiger partial charge in [-0.2, -0.15) is 0 Å². The minimum absolute atomic E-state index is 0.354. The second kappa shape index (κ2) is 5.35. The van der Waals surface area contributed by atoms with Crippen LogP contribution in [0.5, 0.6) is 0 Å². The molecule has 2 unspecified atom stereocenters. The third-order valence-corrected chi connectivity index (χ3v) is 2.21. The fourth-order valence-corrected chi connectivity index (χ4v) is 1.50. The quantitative estimate of drug-likeness (QED) is 0.464. The highest BCUT2D eigenvalue weighted by atomic mass is 16.4. The molecule has 0 spiro atoms. The van der Waals surface area contributed by atoms with Gasteiger partial charge in [0, 0.05) is 6.54 Å². The van der Waals surface area contributed by atoms with Gasteiger partial charge in [0.2, 0.25) is 0 Å². The zero-order valence-corrected chi connectivity index (χ0v) is 8.32. The number of carbonyl (C=O) groups excluding carboxylic acids is 1. The molecule has 0 radical (unpaired) electrons. The Morgan fingerprint density at radius 3 is 2.93 bits per heavy atom. The largest absolute Gasteiger partial charge is 0.480 e. The summed E-state index contributed by atoms with van der Waals surface area (Å²) >= 11 is 0. The summed E-state index contributed by atoms with van der Waals surface area (Å²) in [5.74, 6) is -0.943. The molecule has 0 bridgehead atoms. The molecule has 1 rings (SSSR count). The van der Waals surface area contributed by atoms with E-state index in [0.29, 0.717) is 19.5 Å². The van der Waals surface area contributed by atoms with Crippen molar-refractivity contribution in [1.29, 1.82) is 0 Å². The van der Waals surface area contributed by atoms with Crippen LogP contribution in [-0.2, 0) is 4.79 Å². The van der Waals surface area contributed by atoms with Crippen molar-refractivity contribution in [2.24, 2.45) is 0 Å². The Balaban J connectivity index is 2.39. The zero-order chi connectivity index (χ0) is 11.3. The fourth-order valence-electron chi connectivity index (χ4n) is 1.50. The monoisotopic (exact) mass is 213 g/mol. The van der Waals surface area contributed by atoms with Crippen molar-refractivity contribution < 1.29 is 14.7 Å². The van der Waals surface area contributed by atoms with Crippen molar-refractivity contribution in [3.8, 4) is 0 Å². The lowest BCUT2D eigenvalue weighted by atomic mass is 10.1. The number of aliphatic carboxylic acids is 1. The Bertz CT molecular complexity index is 267. The minimum Gasteiger partial charge on any atom is -0.480 e. The van der Waals surface area contributed by atoms with Crippen LogP contribution in [0, 0.1) is 0 Å². The molecule has 1 heterocycles. The maximum atomic E-state index is 11.2. The topological polar surface area (TPSA) is 90.5 Å². The molecule has 1 saturated heterocycles. The number of carboxylic acid groups (broad SMARTS) is 1. The lowest BCUT2D eigenvalue weighted by Gasteiger charge is -2.17. The average Bonchev–Trinajstić information content (AvgIpc) is 2.62. The van der Waals surface area contributed by atoms with Crippen LogP contribution in [0.1, 0.15) is 6.42 Å². The molecule has 1 fully saturated rings. The molecule has 15 heavy (non-hydrogen) atoms. The first-order valence-electron chi connectivity index (χ1n) is 4.76. The number of rotatable bonds is 4. The Morgan fingerprint density at radius 2 is 2.33 bits per heavy atom. The normalized spacial score (nSPS) is 24.5. The van der Waals surface area contributed by atoms with Crippen molar-refractivity contribution in [1.82, 2.24) is 16.0 Å². The number of carbonyl (C=O) groups is 2. The first-order chi connectivity index (χ1) is 7.15. The second-order valence-corrected chi connectivity index (χ2v) is 3.31. The van der Waals surface area contributed by atoms with Crippen molar-refractivity contribution in [3.63, 3.8) is 0 Å². The summed E-state index contributed by atoms with van der Waals surface area (Å²) in [6, 6.07) is -1.42. The van der Waals surface area contributed by atoms with Gasteiger partial charge in [0.15, 0.2) is 0 Å². The molecule has 6 nitrogen and oxygen atoms in total. The van der Waals surface area contributed by atoms with E-state index in [0.717, 1.165) is 0 Å². The molecule has 1 aliphatic rings. The summed E-state index contributed by atoms with van der Waals surface area (Å²) in [7, 11) is 0. The summed E-state index contributed by atoms with van der Waals surface area (Å²) in [6.45, 7) is 4.42. The molecule has 0 aromatic carbocycles. The third kappa shape index (κ3) is 3.25. The predicted octanol–water partition coefficient (Wildman–Crippen LogP) is -0.713. The highest BCUT2D eigenvalue weighted by Crippen LogP contribution is 2.06. The molecule has 4 N–H and O–H groups in total.